The lowest BCUT2D eigenvalue weighted by molar-refractivity contribution is 0.725. The summed E-state index contributed by atoms with van der Waals surface area (Å²) in [5.41, 5.74) is 9.10. The van der Waals surface area contributed by atoms with E-state index in [2.05, 4.69) is 40.9 Å². The van der Waals surface area contributed by atoms with Crippen LogP contribution in [0.5, 0.6) is 0 Å². The zero-order valence-corrected chi connectivity index (χ0v) is 11.6. The van der Waals surface area contributed by atoms with Gasteiger partial charge in [-0.05, 0) is 24.1 Å². The number of benzene rings is 1. The van der Waals surface area contributed by atoms with Gasteiger partial charge in [-0.1, -0.05) is 35.8 Å². The minimum atomic E-state index is 0.398. The third-order valence-electron chi connectivity index (χ3n) is 2.71. The van der Waals surface area contributed by atoms with Crippen LogP contribution in [0.2, 0.25) is 0 Å². The topological polar surface area (TPSA) is 43.8 Å². The second kappa shape index (κ2) is 5.02. The molecule has 1 heterocycles. The summed E-state index contributed by atoms with van der Waals surface area (Å²) in [5, 5.41) is 4.44. The molecule has 3 nitrogen and oxygen atoms in total. The Balaban J connectivity index is 2.56. The number of hydrogen-bond donors (Lipinski definition) is 1. The second-order valence-corrected chi connectivity index (χ2v) is 5.22. The van der Waals surface area contributed by atoms with Crippen molar-refractivity contribution in [1.29, 1.82) is 0 Å². The molecule has 90 valence electrons. The molecule has 0 spiro atoms. The van der Waals surface area contributed by atoms with Gasteiger partial charge in [0.1, 0.15) is 0 Å². The molecule has 0 amide bonds. The van der Waals surface area contributed by atoms with E-state index in [-0.39, 0.29) is 0 Å². The van der Waals surface area contributed by atoms with Crippen molar-refractivity contribution in [1.82, 2.24) is 9.78 Å². The molecule has 4 heteroatoms. The maximum Gasteiger partial charge on any atom is 0.0660 e. The standard InChI is InChI=1S/C13H16BrN3/c1-9(2)13-10(7-15)8-16-17(13)12-5-3-4-11(14)6-12/h3-6,8-9H,7,15H2,1-2H3. The number of halogens is 1. The van der Waals surface area contributed by atoms with E-state index in [0.717, 1.165) is 15.7 Å². The van der Waals surface area contributed by atoms with E-state index in [9.17, 15) is 0 Å². The molecule has 0 fully saturated rings. The number of rotatable bonds is 3. The van der Waals surface area contributed by atoms with Crippen LogP contribution in [-0.2, 0) is 6.54 Å². The van der Waals surface area contributed by atoms with Crippen LogP contribution in [-0.4, -0.2) is 9.78 Å². The van der Waals surface area contributed by atoms with Crippen LogP contribution in [0.15, 0.2) is 34.9 Å². The highest BCUT2D eigenvalue weighted by atomic mass is 79.9. The van der Waals surface area contributed by atoms with Crippen molar-refractivity contribution in [2.24, 2.45) is 5.73 Å². The maximum absolute atomic E-state index is 5.75. The first kappa shape index (κ1) is 12.3. The summed E-state index contributed by atoms with van der Waals surface area (Å²) in [6.45, 7) is 4.84. The SMILES string of the molecule is CC(C)c1c(CN)cnn1-c1cccc(Br)c1. The lowest BCUT2D eigenvalue weighted by Crippen LogP contribution is -2.07. The molecule has 0 bridgehead atoms. The van der Waals surface area contributed by atoms with Crippen LogP contribution in [0, 0.1) is 0 Å². The number of hydrogen-bond acceptors (Lipinski definition) is 2. The number of nitrogens with two attached hydrogens (primary N) is 1. The van der Waals surface area contributed by atoms with Gasteiger partial charge in [0.05, 0.1) is 17.6 Å². The van der Waals surface area contributed by atoms with E-state index in [4.69, 9.17) is 5.73 Å². The Kier molecular flexibility index (Phi) is 3.64. The largest absolute Gasteiger partial charge is 0.326 e. The first-order valence-electron chi connectivity index (χ1n) is 5.66. The smallest absolute Gasteiger partial charge is 0.0660 e. The normalized spacial score (nSPS) is 11.1. The summed E-state index contributed by atoms with van der Waals surface area (Å²) < 4.78 is 3.02. The van der Waals surface area contributed by atoms with E-state index in [0.29, 0.717) is 12.5 Å². The molecular formula is C13H16BrN3. The van der Waals surface area contributed by atoms with Crippen LogP contribution >= 0.6 is 15.9 Å². The minimum absolute atomic E-state index is 0.398. The summed E-state index contributed by atoms with van der Waals surface area (Å²) in [7, 11) is 0. The van der Waals surface area contributed by atoms with Crippen molar-refractivity contribution in [3.63, 3.8) is 0 Å². The van der Waals surface area contributed by atoms with Gasteiger partial charge in [-0.15, -0.1) is 0 Å². The van der Waals surface area contributed by atoms with Crippen molar-refractivity contribution in [3.05, 3.63) is 46.2 Å². The zero-order valence-electron chi connectivity index (χ0n) is 10.0. The second-order valence-electron chi connectivity index (χ2n) is 4.31. The van der Waals surface area contributed by atoms with Gasteiger partial charge in [0.2, 0.25) is 0 Å². The molecule has 2 rings (SSSR count). The van der Waals surface area contributed by atoms with Crippen LogP contribution < -0.4 is 5.73 Å². The third kappa shape index (κ3) is 2.42. The minimum Gasteiger partial charge on any atom is -0.326 e. The molecule has 0 saturated carbocycles. The van der Waals surface area contributed by atoms with Crippen molar-refractivity contribution < 1.29 is 0 Å². The van der Waals surface area contributed by atoms with E-state index in [1.54, 1.807) is 0 Å². The Morgan fingerprint density at radius 1 is 1.41 bits per heavy atom. The van der Waals surface area contributed by atoms with Crippen LogP contribution in [0.25, 0.3) is 5.69 Å². The molecule has 0 atom stereocenters. The average Bonchev–Trinajstić information content (AvgIpc) is 2.72. The summed E-state index contributed by atoms with van der Waals surface area (Å²) in [6, 6.07) is 8.11. The summed E-state index contributed by atoms with van der Waals surface area (Å²) >= 11 is 3.48. The molecule has 0 aliphatic heterocycles. The first-order chi connectivity index (χ1) is 8.13. The fourth-order valence-electron chi connectivity index (χ4n) is 1.98. The van der Waals surface area contributed by atoms with Gasteiger partial charge in [0, 0.05) is 16.6 Å². The fraction of sp³-hybridized carbons (Fsp3) is 0.308. The molecule has 0 saturated heterocycles. The van der Waals surface area contributed by atoms with Gasteiger partial charge in [-0.3, -0.25) is 0 Å². The van der Waals surface area contributed by atoms with Crippen molar-refractivity contribution in [2.45, 2.75) is 26.3 Å². The Hall–Kier alpha value is -1.13. The predicted octanol–water partition coefficient (Wildman–Crippen LogP) is 3.22. The highest BCUT2D eigenvalue weighted by molar-refractivity contribution is 9.10. The Labute approximate surface area is 110 Å². The highest BCUT2D eigenvalue weighted by Crippen LogP contribution is 2.24. The molecule has 0 unspecified atom stereocenters. The third-order valence-corrected chi connectivity index (χ3v) is 3.20. The Morgan fingerprint density at radius 2 is 2.18 bits per heavy atom. The van der Waals surface area contributed by atoms with Crippen molar-refractivity contribution in [2.75, 3.05) is 0 Å². The van der Waals surface area contributed by atoms with Gasteiger partial charge < -0.3 is 5.73 Å². The lowest BCUT2D eigenvalue weighted by atomic mass is 10.1. The molecule has 2 aromatic rings. The zero-order chi connectivity index (χ0) is 12.4. The maximum atomic E-state index is 5.75. The molecular weight excluding hydrogens is 278 g/mol. The van der Waals surface area contributed by atoms with Gasteiger partial charge in [-0.25, -0.2) is 4.68 Å². The average molecular weight is 294 g/mol. The lowest BCUT2D eigenvalue weighted by Gasteiger charge is -2.12. The molecule has 1 aromatic heterocycles. The van der Waals surface area contributed by atoms with Gasteiger partial charge in [0.15, 0.2) is 0 Å². The van der Waals surface area contributed by atoms with Crippen molar-refractivity contribution in [3.8, 4) is 5.69 Å². The monoisotopic (exact) mass is 293 g/mol. The number of nitrogens with zero attached hydrogens (tertiary/aromatic N) is 2. The Morgan fingerprint density at radius 3 is 2.76 bits per heavy atom. The quantitative estimate of drug-likeness (QED) is 0.944. The highest BCUT2D eigenvalue weighted by Gasteiger charge is 2.14. The molecule has 0 aliphatic carbocycles. The molecule has 2 N–H and O–H groups in total. The van der Waals surface area contributed by atoms with Gasteiger partial charge in [-0.2, -0.15) is 5.10 Å². The van der Waals surface area contributed by atoms with Gasteiger partial charge >= 0.3 is 0 Å². The van der Waals surface area contributed by atoms with E-state index in [1.807, 2.05) is 29.1 Å². The van der Waals surface area contributed by atoms with Crippen molar-refractivity contribution >= 4 is 15.9 Å². The summed E-state index contributed by atoms with van der Waals surface area (Å²) in [5.74, 6) is 0.398. The molecule has 0 aliphatic rings. The van der Waals surface area contributed by atoms with Crippen LogP contribution in [0.4, 0.5) is 0 Å². The summed E-state index contributed by atoms with van der Waals surface area (Å²) in [6.07, 6.45) is 1.86. The predicted molar refractivity (Wildman–Crippen MR) is 73.2 cm³/mol. The van der Waals surface area contributed by atoms with E-state index in [1.165, 1.54) is 5.69 Å². The van der Waals surface area contributed by atoms with Crippen LogP contribution in [0.3, 0.4) is 0 Å². The first-order valence-corrected chi connectivity index (χ1v) is 6.45. The van der Waals surface area contributed by atoms with Gasteiger partial charge in [0.25, 0.3) is 0 Å². The molecule has 17 heavy (non-hydrogen) atoms. The van der Waals surface area contributed by atoms with E-state index >= 15 is 0 Å². The van der Waals surface area contributed by atoms with E-state index < -0.39 is 0 Å². The van der Waals surface area contributed by atoms with Crippen LogP contribution in [0.1, 0.15) is 31.0 Å². The molecule has 0 radical (unpaired) electrons. The number of aromatic nitrogens is 2. The summed E-state index contributed by atoms with van der Waals surface area (Å²) in [4.78, 5) is 0. The molecule has 1 aromatic carbocycles. The Bertz CT molecular complexity index is 517. The fourth-order valence-corrected chi connectivity index (χ4v) is 2.37.